The number of alkyl halides is 2. The van der Waals surface area contributed by atoms with E-state index in [4.69, 9.17) is 23.2 Å². The number of halogens is 2. The van der Waals surface area contributed by atoms with Gasteiger partial charge in [-0.15, -0.1) is 23.2 Å². The third kappa shape index (κ3) is 5.14. The van der Waals surface area contributed by atoms with E-state index in [9.17, 15) is 4.79 Å². The molecule has 1 unspecified atom stereocenters. The summed E-state index contributed by atoms with van der Waals surface area (Å²) in [6.45, 7) is 3.55. The van der Waals surface area contributed by atoms with E-state index in [0.717, 1.165) is 29.8 Å². The SMILES string of the molecule is O=C(CSCCN1CCCCCC1)c1ccc(C2CC2(Cl)Cl)cc1. The Bertz CT molecular complexity index is 553. The van der Waals surface area contributed by atoms with Crippen molar-refractivity contribution >= 4 is 40.7 Å². The molecule has 1 aromatic carbocycles. The molecular formula is C19H25Cl2NOS. The number of hydrogen-bond acceptors (Lipinski definition) is 3. The van der Waals surface area contributed by atoms with Gasteiger partial charge in [0.1, 0.15) is 4.33 Å². The highest BCUT2D eigenvalue weighted by molar-refractivity contribution is 8.00. The number of carbonyl (C=O) groups excluding carboxylic acids is 1. The molecule has 0 bridgehead atoms. The maximum Gasteiger partial charge on any atom is 0.172 e. The molecule has 0 N–H and O–H groups in total. The molecule has 3 rings (SSSR count). The summed E-state index contributed by atoms with van der Waals surface area (Å²) in [4.78, 5) is 14.8. The Morgan fingerprint density at radius 2 is 1.75 bits per heavy atom. The van der Waals surface area contributed by atoms with Gasteiger partial charge in [-0.25, -0.2) is 0 Å². The Hall–Kier alpha value is -0.220. The van der Waals surface area contributed by atoms with Gasteiger partial charge in [-0.2, -0.15) is 11.8 Å². The first-order valence-electron chi connectivity index (χ1n) is 8.87. The van der Waals surface area contributed by atoms with E-state index in [1.54, 1.807) is 11.8 Å². The van der Waals surface area contributed by atoms with Gasteiger partial charge < -0.3 is 4.90 Å². The van der Waals surface area contributed by atoms with Crippen molar-refractivity contribution in [2.24, 2.45) is 0 Å². The standard InChI is InChI=1S/C19H25Cl2NOS/c20-19(21)13-17(19)15-5-7-16(8-6-15)18(23)14-24-12-11-22-9-3-1-2-4-10-22/h5-8,17H,1-4,9-14H2. The predicted octanol–water partition coefficient (Wildman–Crippen LogP) is 5.14. The van der Waals surface area contributed by atoms with Gasteiger partial charge in [0.2, 0.25) is 0 Å². The molecule has 1 aliphatic carbocycles. The minimum Gasteiger partial charge on any atom is -0.303 e. The van der Waals surface area contributed by atoms with Gasteiger partial charge in [0.25, 0.3) is 0 Å². The van der Waals surface area contributed by atoms with Crippen LogP contribution in [0.4, 0.5) is 0 Å². The van der Waals surface area contributed by atoms with Crippen LogP contribution < -0.4 is 0 Å². The quantitative estimate of drug-likeness (QED) is 0.368. The molecule has 1 saturated carbocycles. The second-order valence-electron chi connectivity index (χ2n) is 6.87. The molecule has 1 heterocycles. The molecule has 132 valence electrons. The average Bonchev–Trinajstić information content (AvgIpc) is 3.29. The Labute approximate surface area is 159 Å². The maximum absolute atomic E-state index is 12.3. The zero-order valence-electron chi connectivity index (χ0n) is 14.0. The van der Waals surface area contributed by atoms with E-state index in [0.29, 0.717) is 5.75 Å². The monoisotopic (exact) mass is 385 g/mol. The summed E-state index contributed by atoms with van der Waals surface area (Å²) in [5.41, 5.74) is 1.92. The highest BCUT2D eigenvalue weighted by Gasteiger charge is 2.52. The predicted molar refractivity (Wildman–Crippen MR) is 105 cm³/mol. The molecule has 2 fully saturated rings. The molecule has 0 amide bonds. The van der Waals surface area contributed by atoms with E-state index >= 15 is 0 Å². The molecule has 0 spiro atoms. The molecular weight excluding hydrogens is 361 g/mol. The van der Waals surface area contributed by atoms with Crippen molar-refractivity contribution < 1.29 is 4.79 Å². The molecule has 1 aliphatic heterocycles. The van der Waals surface area contributed by atoms with Gasteiger partial charge in [-0.3, -0.25) is 4.79 Å². The number of nitrogens with zero attached hydrogens (tertiary/aromatic N) is 1. The lowest BCUT2D eigenvalue weighted by molar-refractivity contribution is 0.102. The zero-order chi connectivity index (χ0) is 17.0. The Morgan fingerprint density at radius 1 is 1.12 bits per heavy atom. The number of thioether (sulfide) groups is 1. The highest BCUT2D eigenvalue weighted by Crippen LogP contribution is 2.59. The molecule has 24 heavy (non-hydrogen) atoms. The fraction of sp³-hybridized carbons (Fsp3) is 0.632. The van der Waals surface area contributed by atoms with Crippen LogP contribution >= 0.6 is 35.0 Å². The van der Waals surface area contributed by atoms with Crippen LogP contribution in [0.15, 0.2) is 24.3 Å². The second-order valence-corrected chi connectivity index (χ2v) is 9.52. The first-order chi connectivity index (χ1) is 11.6. The van der Waals surface area contributed by atoms with Gasteiger partial charge >= 0.3 is 0 Å². The van der Waals surface area contributed by atoms with Crippen molar-refractivity contribution in [3.8, 4) is 0 Å². The summed E-state index contributed by atoms with van der Waals surface area (Å²) >= 11 is 13.9. The van der Waals surface area contributed by atoms with E-state index in [-0.39, 0.29) is 11.7 Å². The normalized spacial score (nSPS) is 23.7. The summed E-state index contributed by atoms with van der Waals surface area (Å²) in [7, 11) is 0. The fourth-order valence-electron chi connectivity index (χ4n) is 3.28. The first-order valence-corrected chi connectivity index (χ1v) is 10.8. The average molecular weight is 386 g/mol. The number of likely N-dealkylation sites (tertiary alicyclic amines) is 1. The number of benzene rings is 1. The fourth-order valence-corrected chi connectivity index (χ4v) is 4.72. The summed E-state index contributed by atoms with van der Waals surface area (Å²) in [5, 5.41) is 0. The molecule has 0 aromatic heterocycles. The van der Waals surface area contributed by atoms with Crippen molar-refractivity contribution in [1.29, 1.82) is 0 Å². The third-order valence-corrected chi connectivity index (χ3v) is 6.72. The van der Waals surface area contributed by atoms with Gasteiger partial charge in [0, 0.05) is 23.8 Å². The van der Waals surface area contributed by atoms with Crippen molar-refractivity contribution in [2.45, 2.75) is 42.4 Å². The summed E-state index contributed by atoms with van der Waals surface area (Å²) < 4.78 is -0.602. The van der Waals surface area contributed by atoms with Crippen LogP contribution in [0.2, 0.25) is 0 Å². The van der Waals surface area contributed by atoms with Crippen LogP contribution in [-0.4, -0.2) is 46.2 Å². The Balaban J connectivity index is 1.39. The van der Waals surface area contributed by atoms with Gasteiger partial charge in [-0.1, -0.05) is 37.1 Å². The molecule has 1 saturated heterocycles. The molecule has 2 nitrogen and oxygen atoms in total. The molecule has 5 heteroatoms. The Morgan fingerprint density at radius 3 is 2.33 bits per heavy atom. The topological polar surface area (TPSA) is 20.3 Å². The van der Waals surface area contributed by atoms with E-state index in [1.807, 2.05) is 24.3 Å². The molecule has 1 aromatic rings. The highest BCUT2D eigenvalue weighted by atomic mass is 35.5. The number of ketones is 1. The van der Waals surface area contributed by atoms with Crippen molar-refractivity contribution in [1.82, 2.24) is 4.90 Å². The van der Waals surface area contributed by atoms with Crippen molar-refractivity contribution in [3.63, 3.8) is 0 Å². The molecule has 0 radical (unpaired) electrons. The number of hydrogen-bond donors (Lipinski definition) is 0. The van der Waals surface area contributed by atoms with E-state index in [2.05, 4.69) is 4.90 Å². The van der Waals surface area contributed by atoms with Crippen LogP contribution in [0.25, 0.3) is 0 Å². The van der Waals surface area contributed by atoms with Crippen LogP contribution in [0.5, 0.6) is 0 Å². The van der Waals surface area contributed by atoms with Gasteiger partial charge in [0.05, 0.1) is 5.75 Å². The lowest BCUT2D eigenvalue weighted by Crippen LogP contribution is -2.27. The third-order valence-electron chi connectivity index (χ3n) is 4.94. The van der Waals surface area contributed by atoms with E-state index in [1.165, 1.54) is 38.8 Å². The van der Waals surface area contributed by atoms with Crippen LogP contribution in [0, 0.1) is 0 Å². The van der Waals surface area contributed by atoms with E-state index < -0.39 is 4.33 Å². The van der Waals surface area contributed by atoms with Crippen molar-refractivity contribution in [3.05, 3.63) is 35.4 Å². The van der Waals surface area contributed by atoms with Crippen molar-refractivity contribution in [2.75, 3.05) is 31.1 Å². The second kappa shape index (κ2) is 8.44. The molecule has 1 atom stereocenters. The summed E-state index contributed by atoms with van der Waals surface area (Å²) in [6, 6.07) is 7.81. The smallest absolute Gasteiger partial charge is 0.172 e. The van der Waals surface area contributed by atoms with Crippen LogP contribution in [0.3, 0.4) is 0 Å². The first kappa shape index (κ1) is 18.6. The van der Waals surface area contributed by atoms with Gasteiger partial charge in [0.15, 0.2) is 5.78 Å². The Kier molecular flexibility index (Phi) is 6.53. The summed E-state index contributed by atoms with van der Waals surface area (Å²) in [5.74, 6) is 2.02. The number of carbonyl (C=O) groups is 1. The van der Waals surface area contributed by atoms with Gasteiger partial charge in [-0.05, 0) is 37.9 Å². The minimum absolute atomic E-state index is 0.209. The van der Waals surface area contributed by atoms with Crippen LogP contribution in [-0.2, 0) is 0 Å². The summed E-state index contributed by atoms with van der Waals surface area (Å²) in [6.07, 6.45) is 6.18. The lowest BCUT2D eigenvalue weighted by atomic mass is 10.1. The molecule has 2 aliphatic rings. The van der Waals surface area contributed by atoms with Crippen LogP contribution in [0.1, 0.15) is 53.9 Å². The lowest BCUT2D eigenvalue weighted by Gasteiger charge is -2.19. The number of Topliss-reactive ketones (excluding diaryl/α,β-unsaturated/α-hetero) is 1. The maximum atomic E-state index is 12.3. The largest absolute Gasteiger partial charge is 0.303 e. The minimum atomic E-state index is -0.602. The zero-order valence-corrected chi connectivity index (χ0v) is 16.3. The number of rotatable bonds is 7.